The molecule has 0 unspecified atom stereocenters. The Labute approximate surface area is 97.0 Å². The minimum Gasteiger partial charge on any atom is -0.362 e. The minimum atomic E-state index is -0.329. The predicted octanol–water partition coefficient (Wildman–Crippen LogP) is 0.620. The third kappa shape index (κ3) is 2.37. The van der Waals surface area contributed by atoms with Crippen molar-refractivity contribution in [3.63, 3.8) is 0 Å². The van der Waals surface area contributed by atoms with Gasteiger partial charge in [-0.2, -0.15) is 0 Å². The Kier molecular flexibility index (Phi) is 3.17. The summed E-state index contributed by atoms with van der Waals surface area (Å²) in [6, 6.07) is 3.33. The van der Waals surface area contributed by atoms with E-state index >= 15 is 0 Å². The van der Waals surface area contributed by atoms with E-state index in [0.29, 0.717) is 5.15 Å². The van der Waals surface area contributed by atoms with Gasteiger partial charge in [-0.25, -0.2) is 4.98 Å². The van der Waals surface area contributed by atoms with Crippen molar-refractivity contribution in [3.05, 3.63) is 29.0 Å². The molecule has 2 rings (SSSR count). The third-order valence-corrected chi connectivity index (χ3v) is 2.39. The Bertz CT molecular complexity index is 420. The number of rotatable bonds is 2. The van der Waals surface area contributed by atoms with Gasteiger partial charge in [0.25, 0.3) is 11.8 Å². The zero-order chi connectivity index (χ0) is 11.5. The molecule has 0 aliphatic carbocycles. The SMILES string of the molecule is O=C1COCC(=O)N1Cc1ccnc(Cl)c1. The van der Waals surface area contributed by atoms with Crippen molar-refractivity contribution in [1.29, 1.82) is 0 Å². The Hall–Kier alpha value is -1.46. The van der Waals surface area contributed by atoms with Crippen molar-refractivity contribution in [2.24, 2.45) is 0 Å². The number of aromatic nitrogens is 1. The van der Waals surface area contributed by atoms with E-state index < -0.39 is 0 Å². The van der Waals surface area contributed by atoms with Gasteiger partial charge in [0.05, 0.1) is 6.54 Å². The lowest BCUT2D eigenvalue weighted by Crippen LogP contribution is -2.45. The second kappa shape index (κ2) is 4.59. The van der Waals surface area contributed by atoms with Crippen LogP contribution in [0, 0.1) is 0 Å². The molecule has 1 saturated heterocycles. The molecule has 1 aromatic heterocycles. The molecule has 16 heavy (non-hydrogen) atoms. The minimum absolute atomic E-state index is 0.0510. The van der Waals surface area contributed by atoms with Crippen LogP contribution in [-0.4, -0.2) is 34.9 Å². The van der Waals surface area contributed by atoms with Crippen molar-refractivity contribution in [2.45, 2.75) is 6.54 Å². The number of hydrogen-bond acceptors (Lipinski definition) is 4. The van der Waals surface area contributed by atoms with E-state index in [2.05, 4.69) is 4.98 Å². The summed E-state index contributed by atoms with van der Waals surface area (Å²) in [4.78, 5) is 27.8. The largest absolute Gasteiger partial charge is 0.362 e. The summed E-state index contributed by atoms with van der Waals surface area (Å²) in [7, 11) is 0. The summed E-state index contributed by atoms with van der Waals surface area (Å²) < 4.78 is 4.81. The number of halogens is 1. The van der Waals surface area contributed by atoms with Crippen molar-refractivity contribution in [3.8, 4) is 0 Å². The highest BCUT2D eigenvalue weighted by Gasteiger charge is 2.26. The number of pyridine rings is 1. The van der Waals surface area contributed by atoms with Gasteiger partial charge in [0, 0.05) is 6.20 Å². The molecule has 2 heterocycles. The van der Waals surface area contributed by atoms with Gasteiger partial charge in [-0.05, 0) is 17.7 Å². The van der Waals surface area contributed by atoms with Gasteiger partial charge >= 0.3 is 0 Å². The van der Waals surface area contributed by atoms with Crippen LogP contribution in [0.1, 0.15) is 5.56 Å². The second-order valence-corrected chi connectivity index (χ2v) is 3.74. The lowest BCUT2D eigenvalue weighted by Gasteiger charge is -2.24. The average molecular weight is 241 g/mol. The Balaban J connectivity index is 2.13. The normalized spacial score (nSPS) is 16.7. The number of carbonyl (C=O) groups is 2. The monoisotopic (exact) mass is 240 g/mol. The van der Waals surface area contributed by atoms with Gasteiger partial charge in [0.2, 0.25) is 0 Å². The maximum atomic E-state index is 11.4. The number of imide groups is 1. The zero-order valence-electron chi connectivity index (χ0n) is 8.35. The second-order valence-electron chi connectivity index (χ2n) is 3.35. The van der Waals surface area contributed by atoms with Crippen molar-refractivity contribution < 1.29 is 14.3 Å². The van der Waals surface area contributed by atoms with Crippen LogP contribution in [0.4, 0.5) is 0 Å². The van der Waals surface area contributed by atoms with Gasteiger partial charge in [-0.15, -0.1) is 0 Å². The van der Waals surface area contributed by atoms with E-state index in [1.165, 1.54) is 6.20 Å². The summed E-state index contributed by atoms with van der Waals surface area (Å²) in [5, 5.41) is 0.339. The maximum absolute atomic E-state index is 11.4. The average Bonchev–Trinajstić information content (AvgIpc) is 2.24. The molecule has 2 amide bonds. The zero-order valence-corrected chi connectivity index (χ0v) is 9.11. The van der Waals surface area contributed by atoms with E-state index in [9.17, 15) is 9.59 Å². The first-order valence-corrected chi connectivity index (χ1v) is 5.06. The molecule has 0 atom stereocenters. The first-order valence-electron chi connectivity index (χ1n) is 4.68. The summed E-state index contributed by atoms with van der Waals surface area (Å²) in [5.74, 6) is -0.659. The molecular formula is C10H9ClN2O3. The highest BCUT2D eigenvalue weighted by atomic mass is 35.5. The van der Waals surface area contributed by atoms with Crippen molar-refractivity contribution in [2.75, 3.05) is 13.2 Å². The van der Waals surface area contributed by atoms with Gasteiger partial charge in [-0.3, -0.25) is 14.5 Å². The van der Waals surface area contributed by atoms with Gasteiger partial charge in [0.15, 0.2) is 0 Å². The standard InChI is InChI=1S/C10H9ClN2O3/c11-8-3-7(1-2-12-8)4-13-9(14)5-16-6-10(13)15/h1-3H,4-6H2. The van der Waals surface area contributed by atoms with Crippen LogP contribution in [0.2, 0.25) is 5.15 Å². The van der Waals surface area contributed by atoms with E-state index in [0.717, 1.165) is 10.5 Å². The molecule has 0 aromatic carbocycles. The molecule has 1 aliphatic heterocycles. The van der Waals surface area contributed by atoms with Crippen LogP contribution in [-0.2, 0) is 20.9 Å². The van der Waals surface area contributed by atoms with Gasteiger partial charge < -0.3 is 4.74 Å². The van der Waals surface area contributed by atoms with Gasteiger partial charge in [-0.1, -0.05) is 11.6 Å². The molecular weight excluding hydrogens is 232 g/mol. The van der Waals surface area contributed by atoms with E-state index in [1.807, 2.05) is 0 Å². The molecule has 5 nitrogen and oxygen atoms in total. The summed E-state index contributed by atoms with van der Waals surface area (Å²) in [6.07, 6.45) is 1.53. The van der Waals surface area contributed by atoms with E-state index in [1.54, 1.807) is 12.1 Å². The van der Waals surface area contributed by atoms with Crippen LogP contribution in [0.5, 0.6) is 0 Å². The summed E-state index contributed by atoms with van der Waals surface area (Å²) >= 11 is 5.71. The highest BCUT2D eigenvalue weighted by Crippen LogP contribution is 2.12. The van der Waals surface area contributed by atoms with E-state index in [-0.39, 0.29) is 31.6 Å². The lowest BCUT2D eigenvalue weighted by molar-refractivity contribution is -0.159. The van der Waals surface area contributed by atoms with Crippen molar-refractivity contribution in [1.82, 2.24) is 9.88 Å². The molecule has 84 valence electrons. The smallest absolute Gasteiger partial charge is 0.255 e. The van der Waals surface area contributed by atoms with E-state index in [4.69, 9.17) is 16.3 Å². The number of carbonyl (C=O) groups excluding carboxylic acids is 2. The first kappa shape index (κ1) is 11.0. The lowest BCUT2D eigenvalue weighted by atomic mass is 10.2. The maximum Gasteiger partial charge on any atom is 0.255 e. The highest BCUT2D eigenvalue weighted by molar-refractivity contribution is 6.29. The third-order valence-electron chi connectivity index (χ3n) is 2.18. The molecule has 0 bridgehead atoms. The van der Waals surface area contributed by atoms with Crippen LogP contribution in [0.15, 0.2) is 18.3 Å². The molecule has 0 radical (unpaired) electrons. The Morgan fingerprint density at radius 3 is 2.69 bits per heavy atom. The molecule has 0 saturated carbocycles. The fraction of sp³-hybridized carbons (Fsp3) is 0.300. The first-order chi connectivity index (χ1) is 7.66. The van der Waals surface area contributed by atoms with Crippen LogP contribution >= 0.6 is 11.6 Å². The quantitative estimate of drug-likeness (QED) is 0.562. The molecule has 1 aliphatic rings. The molecule has 6 heteroatoms. The number of hydrogen-bond donors (Lipinski definition) is 0. The predicted molar refractivity (Wildman–Crippen MR) is 55.6 cm³/mol. The van der Waals surface area contributed by atoms with Gasteiger partial charge in [0.1, 0.15) is 18.4 Å². The number of morpholine rings is 1. The number of ether oxygens (including phenoxy) is 1. The fourth-order valence-electron chi connectivity index (χ4n) is 1.42. The molecule has 0 spiro atoms. The molecule has 1 aromatic rings. The van der Waals surface area contributed by atoms with Crippen molar-refractivity contribution >= 4 is 23.4 Å². The summed E-state index contributed by atoms with van der Waals surface area (Å²) in [6.45, 7) is 0.110. The molecule has 1 fully saturated rings. The fourth-order valence-corrected chi connectivity index (χ4v) is 1.62. The van der Waals surface area contributed by atoms with Crippen LogP contribution < -0.4 is 0 Å². The topological polar surface area (TPSA) is 59.5 Å². The summed E-state index contributed by atoms with van der Waals surface area (Å²) in [5.41, 5.74) is 0.767. The Morgan fingerprint density at radius 2 is 2.06 bits per heavy atom. The number of amides is 2. The Morgan fingerprint density at radius 1 is 1.38 bits per heavy atom. The number of nitrogens with zero attached hydrogens (tertiary/aromatic N) is 2. The van der Waals surface area contributed by atoms with Crippen LogP contribution in [0.3, 0.4) is 0 Å². The molecule has 0 N–H and O–H groups in total. The van der Waals surface area contributed by atoms with Crippen LogP contribution in [0.25, 0.3) is 0 Å².